The van der Waals surface area contributed by atoms with Gasteiger partial charge in [0.15, 0.2) is 0 Å². The van der Waals surface area contributed by atoms with E-state index in [4.69, 9.17) is 0 Å². The van der Waals surface area contributed by atoms with E-state index in [1.54, 1.807) is 5.57 Å². The minimum Gasteiger partial charge on any atom is -0.387 e. The van der Waals surface area contributed by atoms with Crippen molar-refractivity contribution in [3.05, 3.63) is 41.7 Å². The van der Waals surface area contributed by atoms with Crippen LogP contribution in [0.2, 0.25) is 0 Å². The molecular formula is C19H28N2. The van der Waals surface area contributed by atoms with E-state index in [2.05, 4.69) is 48.4 Å². The summed E-state index contributed by atoms with van der Waals surface area (Å²) in [7, 11) is 1.92. The van der Waals surface area contributed by atoms with Gasteiger partial charge < -0.3 is 5.32 Å². The number of pyridine rings is 1. The molecule has 0 saturated heterocycles. The molecule has 114 valence electrons. The molecular weight excluding hydrogens is 256 g/mol. The molecule has 2 rings (SSSR count). The number of hydrogen-bond donors (Lipinski definition) is 1. The van der Waals surface area contributed by atoms with E-state index >= 15 is 0 Å². The molecule has 1 heterocycles. The van der Waals surface area contributed by atoms with E-state index in [1.165, 1.54) is 44.1 Å². The van der Waals surface area contributed by atoms with Crippen LogP contribution in [-0.4, -0.2) is 12.0 Å². The molecule has 1 aromatic rings. The number of nitrogens with one attached hydrogen (secondary N) is 1. The first kappa shape index (κ1) is 15.8. The summed E-state index contributed by atoms with van der Waals surface area (Å²) in [5, 5.41) is 3.11. The van der Waals surface area contributed by atoms with Gasteiger partial charge in [-0.25, -0.2) is 0 Å². The Labute approximate surface area is 129 Å². The summed E-state index contributed by atoms with van der Waals surface area (Å²) >= 11 is 0. The fourth-order valence-corrected chi connectivity index (χ4v) is 2.94. The van der Waals surface area contributed by atoms with Crippen molar-refractivity contribution in [3.8, 4) is 0 Å². The van der Waals surface area contributed by atoms with Gasteiger partial charge in [0.2, 0.25) is 0 Å². The van der Waals surface area contributed by atoms with Crippen molar-refractivity contribution in [2.45, 2.75) is 52.4 Å². The molecule has 0 aliphatic heterocycles. The second kappa shape index (κ2) is 8.02. The van der Waals surface area contributed by atoms with Crippen LogP contribution in [-0.2, 0) is 0 Å². The largest absolute Gasteiger partial charge is 0.387 e. The Kier molecular flexibility index (Phi) is 6.04. The quantitative estimate of drug-likeness (QED) is 0.643. The molecule has 2 nitrogen and oxygen atoms in total. The number of rotatable bonds is 8. The Balaban J connectivity index is 1.85. The van der Waals surface area contributed by atoms with Crippen LogP contribution in [0.5, 0.6) is 0 Å². The molecule has 1 aromatic heterocycles. The van der Waals surface area contributed by atoms with Crippen molar-refractivity contribution in [1.29, 1.82) is 0 Å². The summed E-state index contributed by atoms with van der Waals surface area (Å²) in [6.07, 6.45) is 14.5. The maximum Gasteiger partial charge on any atom is 0.0669 e. The molecule has 1 aliphatic carbocycles. The Morgan fingerprint density at radius 1 is 1.10 bits per heavy atom. The lowest BCUT2D eigenvalue weighted by Gasteiger charge is -2.14. The molecule has 0 bridgehead atoms. The van der Waals surface area contributed by atoms with E-state index in [9.17, 15) is 0 Å². The zero-order valence-electron chi connectivity index (χ0n) is 13.7. The van der Waals surface area contributed by atoms with Crippen LogP contribution in [0.25, 0.3) is 5.57 Å². The van der Waals surface area contributed by atoms with Crippen molar-refractivity contribution in [2.24, 2.45) is 5.92 Å². The molecule has 0 aromatic carbocycles. The summed E-state index contributed by atoms with van der Waals surface area (Å²) in [6.45, 7) is 4.58. The maximum absolute atomic E-state index is 4.57. The van der Waals surface area contributed by atoms with E-state index in [1.807, 2.05) is 13.2 Å². The van der Waals surface area contributed by atoms with Gasteiger partial charge in [0.05, 0.1) is 17.6 Å². The van der Waals surface area contributed by atoms with Gasteiger partial charge in [-0.05, 0) is 30.5 Å². The summed E-state index contributed by atoms with van der Waals surface area (Å²) in [4.78, 5) is 4.57. The highest BCUT2D eigenvalue weighted by atomic mass is 14.8. The smallest absolute Gasteiger partial charge is 0.0669 e. The minimum absolute atomic E-state index is 0.518. The molecule has 1 unspecified atom stereocenters. The number of nitrogens with zero attached hydrogens (tertiary/aromatic N) is 1. The third kappa shape index (κ3) is 4.20. The van der Waals surface area contributed by atoms with Crippen LogP contribution in [0.4, 0.5) is 5.69 Å². The van der Waals surface area contributed by atoms with Crippen molar-refractivity contribution in [1.82, 2.24) is 4.98 Å². The Morgan fingerprint density at radius 2 is 1.90 bits per heavy atom. The molecule has 0 fully saturated rings. The van der Waals surface area contributed by atoms with Crippen molar-refractivity contribution in [3.63, 3.8) is 0 Å². The third-order valence-electron chi connectivity index (χ3n) is 4.42. The molecule has 1 atom stereocenters. The first-order valence-electron chi connectivity index (χ1n) is 8.31. The summed E-state index contributed by atoms with van der Waals surface area (Å²) in [5.74, 6) is 0.518. The summed E-state index contributed by atoms with van der Waals surface area (Å²) < 4.78 is 0. The first-order chi connectivity index (χ1) is 10.3. The number of allylic oxidation sites excluding steroid dienone is 4. The lowest BCUT2D eigenvalue weighted by atomic mass is 9.92. The average Bonchev–Trinajstić information content (AvgIpc) is 2.88. The predicted octanol–water partition coefficient (Wildman–Crippen LogP) is 5.44. The molecule has 0 saturated carbocycles. The second-order valence-electron chi connectivity index (χ2n) is 5.93. The molecule has 0 amide bonds. The van der Waals surface area contributed by atoms with Crippen LogP contribution in [0, 0.1) is 5.92 Å². The lowest BCUT2D eigenvalue weighted by Crippen LogP contribution is -2.01. The molecule has 1 N–H and O–H groups in total. The zero-order valence-corrected chi connectivity index (χ0v) is 13.7. The zero-order chi connectivity index (χ0) is 15.1. The monoisotopic (exact) mass is 284 g/mol. The van der Waals surface area contributed by atoms with E-state index in [0.29, 0.717) is 5.92 Å². The third-order valence-corrected chi connectivity index (χ3v) is 4.42. The van der Waals surface area contributed by atoms with E-state index in [-0.39, 0.29) is 0 Å². The number of anilines is 1. The maximum atomic E-state index is 4.57. The van der Waals surface area contributed by atoms with Crippen molar-refractivity contribution < 1.29 is 0 Å². The molecule has 0 radical (unpaired) electrons. The van der Waals surface area contributed by atoms with Gasteiger partial charge in [0.25, 0.3) is 0 Å². The molecule has 21 heavy (non-hydrogen) atoms. The van der Waals surface area contributed by atoms with Crippen LogP contribution in [0.3, 0.4) is 0 Å². The summed E-state index contributed by atoms with van der Waals surface area (Å²) in [5.41, 5.74) is 5.11. The van der Waals surface area contributed by atoms with Gasteiger partial charge in [-0.15, -0.1) is 0 Å². The average molecular weight is 284 g/mol. The topological polar surface area (TPSA) is 24.9 Å². The number of aromatic nitrogens is 1. The highest BCUT2D eigenvalue weighted by molar-refractivity contribution is 5.72. The molecule has 2 heteroatoms. The SMILES string of the molecule is CCCCCCCC1=CC=C(c2ccc(NC)cn2)C1C. The number of hydrogen-bond acceptors (Lipinski definition) is 2. The highest BCUT2D eigenvalue weighted by Crippen LogP contribution is 2.35. The fourth-order valence-electron chi connectivity index (χ4n) is 2.94. The van der Waals surface area contributed by atoms with Crippen LogP contribution in [0.15, 0.2) is 36.1 Å². The summed E-state index contributed by atoms with van der Waals surface area (Å²) in [6, 6.07) is 4.21. The van der Waals surface area contributed by atoms with E-state index in [0.717, 1.165) is 11.4 Å². The Hall–Kier alpha value is -1.57. The second-order valence-corrected chi connectivity index (χ2v) is 5.93. The Morgan fingerprint density at radius 3 is 2.57 bits per heavy atom. The predicted molar refractivity (Wildman–Crippen MR) is 92.4 cm³/mol. The van der Waals surface area contributed by atoms with Gasteiger partial charge in [-0.1, -0.05) is 57.3 Å². The fraction of sp³-hybridized carbons (Fsp3) is 0.526. The van der Waals surface area contributed by atoms with Gasteiger partial charge in [0, 0.05) is 13.0 Å². The van der Waals surface area contributed by atoms with Crippen LogP contribution in [0.1, 0.15) is 58.1 Å². The number of unbranched alkanes of at least 4 members (excludes halogenated alkanes) is 4. The van der Waals surface area contributed by atoms with Gasteiger partial charge in [-0.3, -0.25) is 4.98 Å². The van der Waals surface area contributed by atoms with Gasteiger partial charge >= 0.3 is 0 Å². The first-order valence-corrected chi connectivity index (χ1v) is 8.31. The van der Waals surface area contributed by atoms with Crippen molar-refractivity contribution in [2.75, 3.05) is 12.4 Å². The highest BCUT2D eigenvalue weighted by Gasteiger charge is 2.20. The lowest BCUT2D eigenvalue weighted by molar-refractivity contribution is 0.619. The van der Waals surface area contributed by atoms with Gasteiger partial charge in [0.1, 0.15) is 0 Å². The van der Waals surface area contributed by atoms with Crippen LogP contribution >= 0.6 is 0 Å². The van der Waals surface area contributed by atoms with Gasteiger partial charge in [-0.2, -0.15) is 0 Å². The normalized spacial score (nSPS) is 17.6. The molecule has 0 spiro atoms. The minimum atomic E-state index is 0.518. The Bertz CT molecular complexity index is 497. The van der Waals surface area contributed by atoms with Crippen LogP contribution < -0.4 is 5.32 Å². The van der Waals surface area contributed by atoms with Crippen molar-refractivity contribution >= 4 is 11.3 Å². The standard InChI is InChI=1S/C19H28N2/c1-4-5-6-7-8-9-16-10-12-18(15(16)2)19-13-11-17(20-3)14-21-19/h10-15,20H,4-9H2,1-3H3. The van der Waals surface area contributed by atoms with E-state index < -0.39 is 0 Å². The molecule has 1 aliphatic rings.